The molecule has 0 saturated heterocycles. The van der Waals surface area contributed by atoms with E-state index in [1.54, 1.807) is 36.1 Å². The van der Waals surface area contributed by atoms with Crippen molar-refractivity contribution in [2.45, 2.75) is 65.6 Å². The van der Waals surface area contributed by atoms with E-state index < -0.39 is 21.6 Å². The summed E-state index contributed by atoms with van der Waals surface area (Å²) in [5, 5.41) is 3.37. The van der Waals surface area contributed by atoms with E-state index in [0.29, 0.717) is 10.7 Å². The van der Waals surface area contributed by atoms with Crippen molar-refractivity contribution in [2.75, 3.05) is 17.1 Å². The Morgan fingerprint density at radius 3 is 2.31 bits per heavy atom. The first-order valence-electron chi connectivity index (χ1n) is 11.6. The summed E-state index contributed by atoms with van der Waals surface area (Å²) < 4.78 is 26.0. The summed E-state index contributed by atoms with van der Waals surface area (Å²) in [7, 11) is -3.57. The number of aryl methyl sites for hydroxylation is 1. The van der Waals surface area contributed by atoms with Crippen molar-refractivity contribution in [1.29, 1.82) is 0 Å². The first-order valence-corrected chi connectivity index (χ1v) is 13.8. The fourth-order valence-electron chi connectivity index (χ4n) is 3.66. The molecule has 1 atom stereocenters. The minimum atomic E-state index is -3.57. The third-order valence-corrected chi connectivity index (χ3v) is 6.94. The van der Waals surface area contributed by atoms with Crippen molar-refractivity contribution in [3.8, 4) is 0 Å². The van der Waals surface area contributed by atoms with Crippen molar-refractivity contribution in [3.05, 3.63) is 64.7 Å². The number of halogens is 1. The summed E-state index contributed by atoms with van der Waals surface area (Å²) in [5.74, 6) is -0.458. The fraction of sp³-hybridized carbons (Fsp3) is 0.462. The SMILES string of the molecule is Cc1ccccc1CN(C(=O)CCCN(c1cccc(Cl)c1)S(C)(=O)=O)C(C)C(=O)NC(C)(C)C. The van der Waals surface area contributed by atoms with Gasteiger partial charge in [0.25, 0.3) is 0 Å². The molecule has 2 rings (SSSR count). The van der Waals surface area contributed by atoms with Crippen LogP contribution in [0.2, 0.25) is 5.02 Å². The second-order valence-electron chi connectivity index (χ2n) is 9.78. The lowest BCUT2D eigenvalue weighted by atomic mass is 10.1. The van der Waals surface area contributed by atoms with E-state index in [-0.39, 0.29) is 37.7 Å². The molecule has 0 aromatic heterocycles. The molecule has 7 nitrogen and oxygen atoms in total. The number of carbonyl (C=O) groups is 2. The molecule has 2 aromatic rings. The molecule has 0 heterocycles. The van der Waals surface area contributed by atoms with Gasteiger partial charge in [-0.1, -0.05) is 41.9 Å². The molecule has 192 valence electrons. The topological polar surface area (TPSA) is 86.8 Å². The molecule has 0 aliphatic heterocycles. The molecule has 0 radical (unpaired) electrons. The van der Waals surface area contributed by atoms with E-state index in [0.717, 1.165) is 17.4 Å². The van der Waals surface area contributed by atoms with Gasteiger partial charge in [-0.05, 0) is 70.4 Å². The number of nitrogens with zero attached hydrogens (tertiary/aromatic N) is 2. The number of hydrogen-bond donors (Lipinski definition) is 1. The minimum absolute atomic E-state index is 0.0889. The van der Waals surface area contributed by atoms with E-state index in [1.807, 2.05) is 52.0 Å². The van der Waals surface area contributed by atoms with Crippen molar-refractivity contribution in [1.82, 2.24) is 10.2 Å². The molecule has 2 amide bonds. The number of carbonyl (C=O) groups excluding carboxylic acids is 2. The smallest absolute Gasteiger partial charge is 0.242 e. The van der Waals surface area contributed by atoms with Crippen molar-refractivity contribution >= 4 is 39.1 Å². The zero-order valence-corrected chi connectivity index (χ0v) is 22.9. The Morgan fingerprint density at radius 2 is 1.74 bits per heavy atom. The number of rotatable bonds is 10. The molecular weight excluding hydrogens is 486 g/mol. The van der Waals surface area contributed by atoms with Crippen LogP contribution in [0.15, 0.2) is 48.5 Å². The Labute approximate surface area is 214 Å². The Bertz CT molecular complexity index is 1150. The Morgan fingerprint density at radius 1 is 1.09 bits per heavy atom. The predicted molar refractivity (Wildman–Crippen MR) is 142 cm³/mol. The highest BCUT2D eigenvalue weighted by Crippen LogP contribution is 2.23. The number of benzene rings is 2. The first kappa shape index (κ1) is 28.7. The number of amides is 2. The van der Waals surface area contributed by atoms with Crippen LogP contribution < -0.4 is 9.62 Å². The van der Waals surface area contributed by atoms with Crippen LogP contribution in [0, 0.1) is 6.92 Å². The summed E-state index contributed by atoms with van der Waals surface area (Å²) >= 11 is 6.04. The van der Waals surface area contributed by atoms with Gasteiger partial charge in [0, 0.05) is 30.1 Å². The van der Waals surface area contributed by atoms with E-state index in [1.165, 1.54) is 4.31 Å². The zero-order valence-electron chi connectivity index (χ0n) is 21.3. The van der Waals surface area contributed by atoms with Crippen LogP contribution in [-0.2, 0) is 26.2 Å². The normalized spacial score (nSPS) is 12.7. The lowest BCUT2D eigenvalue weighted by Crippen LogP contribution is -2.52. The average Bonchev–Trinajstić information content (AvgIpc) is 2.73. The van der Waals surface area contributed by atoms with Gasteiger partial charge in [0.2, 0.25) is 21.8 Å². The van der Waals surface area contributed by atoms with Crippen molar-refractivity contribution in [3.63, 3.8) is 0 Å². The maximum Gasteiger partial charge on any atom is 0.242 e. The zero-order chi connectivity index (χ0) is 26.4. The molecule has 0 spiro atoms. The maximum absolute atomic E-state index is 13.3. The average molecular weight is 522 g/mol. The fourth-order valence-corrected chi connectivity index (χ4v) is 4.80. The summed E-state index contributed by atoms with van der Waals surface area (Å²) in [6.45, 7) is 9.75. The Balaban J connectivity index is 2.20. The standard InChI is InChI=1S/C26H36ClN3O4S/c1-19-11-7-8-12-21(19)18-29(20(2)25(32)28-26(3,4)5)24(31)15-10-16-30(35(6,33)34)23-14-9-13-22(27)17-23/h7-9,11-14,17,20H,10,15-16,18H2,1-6H3,(H,28,32). The number of hydrogen-bond acceptors (Lipinski definition) is 4. The molecule has 0 fully saturated rings. The van der Waals surface area contributed by atoms with E-state index >= 15 is 0 Å². The Hall–Kier alpha value is -2.58. The lowest BCUT2D eigenvalue weighted by Gasteiger charge is -2.32. The van der Waals surface area contributed by atoms with Crippen LogP contribution in [0.5, 0.6) is 0 Å². The molecule has 0 aliphatic carbocycles. The molecule has 1 N–H and O–H groups in total. The molecule has 9 heteroatoms. The maximum atomic E-state index is 13.3. The molecule has 2 aromatic carbocycles. The summed E-state index contributed by atoms with van der Waals surface area (Å²) in [5.41, 5.74) is 1.99. The van der Waals surface area contributed by atoms with Gasteiger partial charge >= 0.3 is 0 Å². The van der Waals surface area contributed by atoms with E-state index in [4.69, 9.17) is 11.6 Å². The lowest BCUT2D eigenvalue weighted by molar-refractivity contribution is -0.141. The van der Waals surface area contributed by atoms with Gasteiger partial charge in [-0.2, -0.15) is 0 Å². The molecule has 1 unspecified atom stereocenters. The van der Waals surface area contributed by atoms with Crippen LogP contribution in [-0.4, -0.2) is 49.5 Å². The van der Waals surface area contributed by atoms with Crippen LogP contribution in [0.1, 0.15) is 51.7 Å². The van der Waals surface area contributed by atoms with Crippen LogP contribution in [0.4, 0.5) is 5.69 Å². The van der Waals surface area contributed by atoms with E-state index in [2.05, 4.69) is 5.32 Å². The van der Waals surface area contributed by atoms with Gasteiger partial charge in [-0.15, -0.1) is 0 Å². The van der Waals surface area contributed by atoms with Crippen LogP contribution in [0.25, 0.3) is 0 Å². The summed E-state index contributed by atoms with van der Waals surface area (Å²) in [4.78, 5) is 27.8. The van der Waals surface area contributed by atoms with Crippen molar-refractivity contribution < 1.29 is 18.0 Å². The van der Waals surface area contributed by atoms with E-state index in [9.17, 15) is 18.0 Å². The molecule has 35 heavy (non-hydrogen) atoms. The largest absolute Gasteiger partial charge is 0.350 e. The number of sulfonamides is 1. The third kappa shape index (κ3) is 8.85. The molecular formula is C26H36ClN3O4S. The van der Waals surface area contributed by atoms with Crippen LogP contribution >= 0.6 is 11.6 Å². The van der Waals surface area contributed by atoms with Crippen LogP contribution in [0.3, 0.4) is 0 Å². The number of nitrogens with one attached hydrogen (secondary N) is 1. The summed E-state index contributed by atoms with van der Waals surface area (Å²) in [6.07, 6.45) is 1.50. The highest BCUT2D eigenvalue weighted by atomic mass is 35.5. The molecule has 0 bridgehead atoms. The third-order valence-electron chi connectivity index (χ3n) is 5.52. The van der Waals surface area contributed by atoms with Gasteiger partial charge in [0.1, 0.15) is 6.04 Å². The second-order valence-corrected chi connectivity index (χ2v) is 12.1. The molecule has 0 aliphatic rings. The monoisotopic (exact) mass is 521 g/mol. The van der Waals surface area contributed by atoms with Gasteiger partial charge in [-0.3, -0.25) is 13.9 Å². The second kappa shape index (κ2) is 11.9. The van der Waals surface area contributed by atoms with Gasteiger partial charge < -0.3 is 10.2 Å². The van der Waals surface area contributed by atoms with Gasteiger partial charge in [0.15, 0.2) is 0 Å². The van der Waals surface area contributed by atoms with Gasteiger partial charge in [-0.25, -0.2) is 8.42 Å². The Kier molecular flexibility index (Phi) is 9.75. The minimum Gasteiger partial charge on any atom is -0.350 e. The number of anilines is 1. The predicted octanol–water partition coefficient (Wildman–Crippen LogP) is 4.53. The highest BCUT2D eigenvalue weighted by Gasteiger charge is 2.29. The summed E-state index contributed by atoms with van der Waals surface area (Å²) in [6, 6.07) is 13.6. The quantitative estimate of drug-likeness (QED) is 0.497. The van der Waals surface area contributed by atoms with Gasteiger partial charge in [0.05, 0.1) is 11.9 Å². The first-order chi connectivity index (χ1) is 16.2. The molecule has 0 saturated carbocycles. The highest BCUT2D eigenvalue weighted by molar-refractivity contribution is 7.92. The van der Waals surface area contributed by atoms with Crippen molar-refractivity contribution in [2.24, 2.45) is 0 Å².